The summed E-state index contributed by atoms with van der Waals surface area (Å²) >= 11 is 0. The van der Waals surface area contributed by atoms with Crippen molar-refractivity contribution in [2.45, 2.75) is 24.7 Å². The lowest BCUT2D eigenvalue weighted by Crippen LogP contribution is -2.28. The summed E-state index contributed by atoms with van der Waals surface area (Å²) in [6.45, 7) is 4.73. The van der Waals surface area contributed by atoms with Gasteiger partial charge >= 0.3 is 0 Å². The van der Waals surface area contributed by atoms with Crippen LogP contribution in [0.2, 0.25) is 0 Å². The fourth-order valence-corrected chi connectivity index (χ4v) is 11.4. The summed E-state index contributed by atoms with van der Waals surface area (Å²) in [5, 5.41) is 4.57. The molecule has 2 aliphatic rings. The second kappa shape index (κ2) is 13.8. The van der Waals surface area contributed by atoms with E-state index in [-0.39, 0.29) is 5.41 Å². The van der Waals surface area contributed by atoms with Crippen molar-refractivity contribution in [1.29, 1.82) is 0 Å². The Balaban J connectivity index is 1.13. The molecule has 1 heterocycles. The van der Waals surface area contributed by atoms with Gasteiger partial charge in [0.2, 0.25) is 0 Å². The Morgan fingerprint density at radius 1 is 0.391 bits per heavy atom. The van der Waals surface area contributed by atoms with Gasteiger partial charge in [0, 0.05) is 27.6 Å². The van der Waals surface area contributed by atoms with Crippen LogP contribution in [0.5, 0.6) is 0 Å². The Morgan fingerprint density at radius 3 is 1.56 bits per heavy atom. The lowest BCUT2D eigenvalue weighted by atomic mass is 9.67. The normalized spacial score (nSPS) is 14.0. The summed E-state index contributed by atoms with van der Waals surface area (Å²) in [6, 6.07) is 82.7. The molecule has 2 heteroatoms. The van der Waals surface area contributed by atoms with Gasteiger partial charge in [-0.05, 0) is 120 Å². The predicted molar refractivity (Wildman–Crippen MR) is 266 cm³/mol. The van der Waals surface area contributed by atoms with E-state index in [0.717, 1.165) is 55.5 Å². The molecule has 0 aliphatic heterocycles. The van der Waals surface area contributed by atoms with E-state index < -0.39 is 5.41 Å². The molecule has 13 rings (SSSR count). The number of fused-ring (bicyclic) bond motifs is 10. The Bertz CT molecular complexity index is 3600. The molecule has 0 saturated heterocycles. The number of rotatable bonds is 6. The third-order valence-corrected chi connectivity index (χ3v) is 14.3. The first-order chi connectivity index (χ1) is 31.5. The standard InChI is InChI=1S/C62H43NO/c1-61(2)53-28-16-14-26-48(53)50-32-30-45(38-55(50)61)63(57-35-34-47(40-18-6-3-7-19-40)59-52-36-41-20-12-13-21-42(41)37-58(52)64-60(57)59)46-31-33-51-49-27-15-17-29-54(49)62(56(51)39-46,43-22-8-4-9-23-43)44-24-10-5-11-25-44/h3-39H,1-2H3. The van der Waals surface area contributed by atoms with Crippen LogP contribution in [-0.2, 0) is 10.8 Å². The van der Waals surface area contributed by atoms with Gasteiger partial charge in [-0.1, -0.05) is 196 Å². The van der Waals surface area contributed by atoms with Crippen LogP contribution in [0.1, 0.15) is 47.2 Å². The molecule has 0 atom stereocenters. The highest BCUT2D eigenvalue weighted by atomic mass is 16.3. The Labute approximate surface area is 373 Å². The maximum Gasteiger partial charge on any atom is 0.160 e. The molecule has 0 N–H and O–H groups in total. The minimum Gasteiger partial charge on any atom is -0.454 e. The molecule has 1 aromatic heterocycles. The van der Waals surface area contributed by atoms with Crippen LogP contribution in [0.15, 0.2) is 229 Å². The van der Waals surface area contributed by atoms with E-state index in [1.54, 1.807) is 0 Å². The molecule has 2 aliphatic carbocycles. The van der Waals surface area contributed by atoms with Crippen molar-refractivity contribution in [3.05, 3.63) is 258 Å². The van der Waals surface area contributed by atoms with E-state index in [0.29, 0.717) is 0 Å². The van der Waals surface area contributed by atoms with Crippen molar-refractivity contribution in [1.82, 2.24) is 0 Å². The maximum atomic E-state index is 7.24. The molecule has 0 unspecified atom stereocenters. The van der Waals surface area contributed by atoms with E-state index >= 15 is 0 Å². The predicted octanol–water partition coefficient (Wildman–Crippen LogP) is 16.5. The monoisotopic (exact) mass is 817 g/mol. The number of benzene rings is 10. The first kappa shape index (κ1) is 36.7. The molecule has 0 spiro atoms. The first-order valence-electron chi connectivity index (χ1n) is 22.3. The molecular formula is C62H43NO. The van der Waals surface area contributed by atoms with Gasteiger partial charge in [-0.2, -0.15) is 0 Å². The van der Waals surface area contributed by atoms with E-state index in [2.05, 4.69) is 243 Å². The number of nitrogens with zero attached hydrogens (tertiary/aromatic N) is 1. The van der Waals surface area contributed by atoms with E-state index in [4.69, 9.17) is 4.42 Å². The summed E-state index contributed by atoms with van der Waals surface area (Å²) in [5.74, 6) is 0. The largest absolute Gasteiger partial charge is 0.454 e. The molecule has 0 bridgehead atoms. The molecule has 64 heavy (non-hydrogen) atoms. The Hall–Kier alpha value is -7.94. The fraction of sp³-hybridized carbons (Fsp3) is 0.0645. The third kappa shape index (κ3) is 5.14. The van der Waals surface area contributed by atoms with Crippen molar-refractivity contribution >= 4 is 49.8 Å². The summed E-state index contributed by atoms with van der Waals surface area (Å²) in [6.07, 6.45) is 0. The van der Waals surface area contributed by atoms with Gasteiger partial charge in [-0.3, -0.25) is 0 Å². The maximum absolute atomic E-state index is 7.24. The molecule has 11 aromatic rings. The van der Waals surface area contributed by atoms with Crippen LogP contribution >= 0.6 is 0 Å². The van der Waals surface area contributed by atoms with Crippen LogP contribution in [0.4, 0.5) is 17.1 Å². The molecule has 0 fully saturated rings. The van der Waals surface area contributed by atoms with E-state index in [1.807, 2.05) is 0 Å². The first-order valence-corrected chi connectivity index (χ1v) is 22.3. The zero-order chi connectivity index (χ0) is 42.6. The highest BCUT2D eigenvalue weighted by Crippen LogP contribution is 2.58. The number of hydrogen-bond donors (Lipinski definition) is 0. The number of furan rings is 1. The molecule has 0 amide bonds. The van der Waals surface area contributed by atoms with Gasteiger partial charge in [0.05, 0.1) is 11.1 Å². The zero-order valence-corrected chi connectivity index (χ0v) is 35.7. The Kier molecular flexibility index (Phi) is 7.90. The van der Waals surface area contributed by atoms with Crippen molar-refractivity contribution in [3.8, 4) is 33.4 Å². The molecule has 10 aromatic carbocycles. The van der Waals surface area contributed by atoms with Crippen molar-refractivity contribution in [2.75, 3.05) is 4.90 Å². The highest BCUT2D eigenvalue weighted by molar-refractivity contribution is 6.19. The number of hydrogen-bond acceptors (Lipinski definition) is 2. The average Bonchev–Trinajstić information content (AvgIpc) is 3.95. The lowest BCUT2D eigenvalue weighted by Gasteiger charge is -2.35. The molecule has 302 valence electrons. The molecular weight excluding hydrogens is 775 g/mol. The second-order valence-electron chi connectivity index (χ2n) is 18.0. The van der Waals surface area contributed by atoms with Gasteiger partial charge in [0.1, 0.15) is 5.58 Å². The molecule has 2 nitrogen and oxygen atoms in total. The third-order valence-electron chi connectivity index (χ3n) is 14.3. The van der Waals surface area contributed by atoms with Crippen LogP contribution in [0.3, 0.4) is 0 Å². The minimum absolute atomic E-state index is 0.186. The summed E-state index contributed by atoms with van der Waals surface area (Å²) in [5.41, 5.74) is 19.3. The van der Waals surface area contributed by atoms with E-state index in [9.17, 15) is 0 Å². The summed E-state index contributed by atoms with van der Waals surface area (Å²) in [7, 11) is 0. The van der Waals surface area contributed by atoms with Crippen molar-refractivity contribution < 1.29 is 4.42 Å². The second-order valence-corrected chi connectivity index (χ2v) is 18.0. The average molecular weight is 818 g/mol. The van der Waals surface area contributed by atoms with Gasteiger partial charge < -0.3 is 9.32 Å². The van der Waals surface area contributed by atoms with Gasteiger partial charge in [-0.25, -0.2) is 0 Å². The van der Waals surface area contributed by atoms with Gasteiger partial charge in [0.15, 0.2) is 5.58 Å². The van der Waals surface area contributed by atoms with Gasteiger partial charge in [0.25, 0.3) is 0 Å². The highest BCUT2D eigenvalue weighted by Gasteiger charge is 2.46. The van der Waals surface area contributed by atoms with Crippen LogP contribution < -0.4 is 4.90 Å². The topological polar surface area (TPSA) is 16.4 Å². The summed E-state index contributed by atoms with van der Waals surface area (Å²) in [4.78, 5) is 2.46. The SMILES string of the molecule is CC1(C)c2ccccc2-c2ccc(N(c3ccc4c(c3)C(c3ccccc3)(c3ccccc3)c3ccccc3-4)c3ccc(-c4ccccc4)c4c3oc3cc5ccccc5cc34)cc21. The summed E-state index contributed by atoms with van der Waals surface area (Å²) < 4.78 is 7.24. The van der Waals surface area contributed by atoms with E-state index in [1.165, 1.54) is 61.0 Å². The van der Waals surface area contributed by atoms with Crippen LogP contribution in [0.25, 0.3) is 66.1 Å². The molecule has 0 radical (unpaired) electrons. The lowest BCUT2D eigenvalue weighted by molar-refractivity contribution is 0.660. The zero-order valence-electron chi connectivity index (χ0n) is 35.7. The number of anilines is 3. The molecule has 0 saturated carbocycles. The van der Waals surface area contributed by atoms with Crippen molar-refractivity contribution in [2.24, 2.45) is 0 Å². The quantitative estimate of drug-likeness (QED) is 0.166. The van der Waals surface area contributed by atoms with Gasteiger partial charge in [-0.15, -0.1) is 0 Å². The van der Waals surface area contributed by atoms with Crippen LogP contribution in [0, 0.1) is 0 Å². The van der Waals surface area contributed by atoms with Crippen molar-refractivity contribution in [3.63, 3.8) is 0 Å². The smallest absolute Gasteiger partial charge is 0.160 e. The Morgan fingerprint density at radius 2 is 0.891 bits per heavy atom. The fourth-order valence-electron chi connectivity index (χ4n) is 11.4. The minimum atomic E-state index is -0.552. The van der Waals surface area contributed by atoms with Crippen LogP contribution in [-0.4, -0.2) is 0 Å².